The molecule has 1 N–H and O–H groups in total. The highest BCUT2D eigenvalue weighted by atomic mass is 16.2. The third-order valence-electron chi connectivity index (χ3n) is 5.27. The van der Waals surface area contributed by atoms with E-state index in [1.54, 1.807) is 0 Å². The number of rotatable bonds is 3. The first kappa shape index (κ1) is 14.6. The number of benzene rings is 2. The molecule has 3 heteroatoms. The largest absolute Gasteiger partial charge is 0.376 e. The smallest absolute Gasteiger partial charge is 0.241 e. The van der Waals surface area contributed by atoms with Crippen molar-refractivity contribution < 1.29 is 4.79 Å². The van der Waals surface area contributed by atoms with Gasteiger partial charge in [0.1, 0.15) is 0 Å². The van der Waals surface area contributed by atoms with Crippen molar-refractivity contribution in [2.24, 2.45) is 0 Å². The summed E-state index contributed by atoms with van der Waals surface area (Å²) in [5, 5.41) is 6.06. The normalized spacial score (nSPS) is 17.3. The summed E-state index contributed by atoms with van der Waals surface area (Å²) in [7, 11) is 0. The van der Waals surface area contributed by atoms with Gasteiger partial charge in [0.25, 0.3) is 0 Å². The minimum absolute atomic E-state index is 0.232. The molecule has 1 amide bonds. The fourth-order valence-corrected chi connectivity index (χ4v) is 4.00. The van der Waals surface area contributed by atoms with Gasteiger partial charge < -0.3 is 10.2 Å². The second kappa shape index (κ2) is 6.23. The molecule has 4 rings (SSSR count). The molecule has 120 valence electrons. The Morgan fingerprint density at radius 1 is 0.957 bits per heavy atom. The quantitative estimate of drug-likeness (QED) is 0.936. The highest BCUT2D eigenvalue weighted by Crippen LogP contribution is 2.34. The van der Waals surface area contributed by atoms with Crippen molar-refractivity contribution in [3.8, 4) is 0 Å². The van der Waals surface area contributed by atoms with E-state index >= 15 is 0 Å². The third-order valence-corrected chi connectivity index (χ3v) is 5.27. The molecule has 3 nitrogen and oxygen atoms in total. The minimum Gasteiger partial charge on any atom is -0.376 e. The van der Waals surface area contributed by atoms with Gasteiger partial charge in [0.15, 0.2) is 0 Å². The van der Waals surface area contributed by atoms with E-state index in [0.29, 0.717) is 6.54 Å². The highest BCUT2D eigenvalue weighted by Gasteiger charge is 2.18. The summed E-state index contributed by atoms with van der Waals surface area (Å²) in [6.07, 6.45) is 7.09. The van der Waals surface area contributed by atoms with E-state index in [1.165, 1.54) is 34.7 Å². The molecule has 2 aromatic rings. The summed E-state index contributed by atoms with van der Waals surface area (Å²) in [6.45, 7) is 2.24. The van der Waals surface area contributed by atoms with Gasteiger partial charge in [-0.05, 0) is 48.3 Å². The van der Waals surface area contributed by atoms with Crippen LogP contribution in [0.2, 0.25) is 0 Å². The van der Waals surface area contributed by atoms with E-state index in [2.05, 4.69) is 35.6 Å². The van der Waals surface area contributed by atoms with E-state index in [4.69, 9.17) is 0 Å². The molecule has 2 aliphatic rings. The van der Waals surface area contributed by atoms with Crippen LogP contribution in [-0.2, 0) is 17.6 Å². The summed E-state index contributed by atoms with van der Waals surface area (Å²) in [4.78, 5) is 14.5. The summed E-state index contributed by atoms with van der Waals surface area (Å²) < 4.78 is 0. The molecular formula is C20H24N2O. The van der Waals surface area contributed by atoms with E-state index in [0.717, 1.165) is 44.5 Å². The van der Waals surface area contributed by atoms with Crippen molar-refractivity contribution in [2.45, 2.75) is 38.5 Å². The minimum atomic E-state index is 0.232. The van der Waals surface area contributed by atoms with Gasteiger partial charge in [-0.25, -0.2) is 0 Å². The number of nitrogens with one attached hydrogen (secondary N) is 1. The van der Waals surface area contributed by atoms with Crippen LogP contribution in [-0.4, -0.2) is 30.4 Å². The van der Waals surface area contributed by atoms with Crippen LogP contribution in [0.3, 0.4) is 0 Å². The first-order valence-corrected chi connectivity index (χ1v) is 8.88. The molecule has 1 fully saturated rings. The molecule has 1 heterocycles. The first-order chi connectivity index (χ1) is 11.3. The van der Waals surface area contributed by atoms with Crippen LogP contribution in [0.15, 0.2) is 30.3 Å². The number of carbonyl (C=O) groups excluding carboxylic acids is 1. The summed E-state index contributed by atoms with van der Waals surface area (Å²) in [6, 6.07) is 10.9. The lowest BCUT2D eigenvalue weighted by Crippen LogP contribution is -2.36. The molecule has 1 saturated heterocycles. The van der Waals surface area contributed by atoms with Crippen LogP contribution in [0.5, 0.6) is 0 Å². The molecule has 0 radical (unpaired) electrons. The van der Waals surface area contributed by atoms with Gasteiger partial charge in [0, 0.05) is 24.2 Å². The number of amides is 1. The maximum atomic E-state index is 12.5. The van der Waals surface area contributed by atoms with Crippen LogP contribution in [0.4, 0.5) is 5.69 Å². The van der Waals surface area contributed by atoms with E-state index in [9.17, 15) is 4.79 Å². The average Bonchev–Trinajstić information content (AvgIpc) is 2.82. The number of aryl methyl sites for hydroxylation is 2. The molecule has 0 atom stereocenters. The summed E-state index contributed by atoms with van der Waals surface area (Å²) in [5.41, 5.74) is 3.98. The van der Waals surface area contributed by atoms with Gasteiger partial charge in [-0.2, -0.15) is 0 Å². The zero-order valence-electron chi connectivity index (χ0n) is 13.6. The third kappa shape index (κ3) is 2.80. The monoisotopic (exact) mass is 308 g/mol. The van der Waals surface area contributed by atoms with Gasteiger partial charge in [-0.3, -0.25) is 4.79 Å². The Kier molecular flexibility index (Phi) is 3.94. The predicted molar refractivity (Wildman–Crippen MR) is 94.9 cm³/mol. The standard InChI is InChI=1S/C20H24N2O/c23-19(22-12-3-1-2-4-13-22)14-21-18-11-10-16-9-8-15-6-5-7-17(18)20(15)16/h5-7,10-11,21H,1-4,8-9,12-14H2. The van der Waals surface area contributed by atoms with Gasteiger partial charge >= 0.3 is 0 Å². The van der Waals surface area contributed by atoms with Crippen molar-refractivity contribution in [1.82, 2.24) is 4.90 Å². The van der Waals surface area contributed by atoms with Crippen LogP contribution >= 0.6 is 0 Å². The first-order valence-electron chi connectivity index (χ1n) is 8.88. The number of hydrogen-bond acceptors (Lipinski definition) is 2. The Hall–Kier alpha value is -2.03. The molecule has 0 aromatic heterocycles. The van der Waals surface area contributed by atoms with Crippen LogP contribution in [0.1, 0.15) is 36.8 Å². The van der Waals surface area contributed by atoms with Gasteiger partial charge in [-0.1, -0.05) is 37.1 Å². The van der Waals surface area contributed by atoms with Gasteiger partial charge in [0.05, 0.1) is 6.54 Å². The molecular weight excluding hydrogens is 284 g/mol. The Morgan fingerprint density at radius 2 is 1.70 bits per heavy atom. The van der Waals surface area contributed by atoms with Crippen molar-refractivity contribution >= 4 is 22.4 Å². The predicted octanol–water partition coefficient (Wildman–Crippen LogP) is 3.75. The lowest BCUT2D eigenvalue weighted by Gasteiger charge is -2.21. The number of likely N-dealkylation sites (tertiary alicyclic amines) is 1. The fraction of sp³-hybridized carbons (Fsp3) is 0.450. The van der Waals surface area contributed by atoms with Crippen LogP contribution in [0, 0.1) is 0 Å². The Balaban J connectivity index is 1.51. The fourth-order valence-electron chi connectivity index (χ4n) is 4.00. The SMILES string of the molecule is O=C(CNc1ccc2c3c(cccc13)CC2)N1CCCCCC1. The zero-order chi connectivity index (χ0) is 15.6. The van der Waals surface area contributed by atoms with Crippen molar-refractivity contribution in [1.29, 1.82) is 0 Å². The number of anilines is 1. The number of nitrogens with zero attached hydrogens (tertiary/aromatic N) is 1. The van der Waals surface area contributed by atoms with E-state index in [-0.39, 0.29) is 5.91 Å². The molecule has 0 spiro atoms. The Labute approximate surface area is 137 Å². The average molecular weight is 308 g/mol. The second-order valence-electron chi connectivity index (χ2n) is 6.76. The molecule has 0 saturated carbocycles. The molecule has 23 heavy (non-hydrogen) atoms. The Morgan fingerprint density at radius 3 is 2.48 bits per heavy atom. The zero-order valence-corrected chi connectivity index (χ0v) is 13.6. The summed E-state index contributed by atoms with van der Waals surface area (Å²) in [5.74, 6) is 0.232. The lowest BCUT2D eigenvalue weighted by molar-refractivity contribution is -0.129. The lowest BCUT2D eigenvalue weighted by atomic mass is 10.0. The molecule has 1 aliphatic heterocycles. The number of hydrogen-bond donors (Lipinski definition) is 1. The van der Waals surface area contributed by atoms with E-state index in [1.807, 2.05) is 4.90 Å². The Bertz CT molecular complexity index is 719. The highest BCUT2D eigenvalue weighted by molar-refractivity contribution is 6.00. The molecule has 1 aliphatic carbocycles. The van der Waals surface area contributed by atoms with Crippen molar-refractivity contribution in [3.63, 3.8) is 0 Å². The molecule has 0 unspecified atom stereocenters. The van der Waals surface area contributed by atoms with Crippen molar-refractivity contribution in [2.75, 3.05) is 25.0 Å². The van der Waals surface area contributed by atoms with Crippen LogP contribution in [0.25, 0.3) is 10.8 Å². The molecule has 0 bridgehead atoms. The second-order valence-corrected chi connectivity index (χ2v) is 6.76. The summed E-state index contributed by atoms with van der Waals surface area (Å²) >= 11 is 0. The maximum absolute atomic E-state index is 12.5. The van der Waals surface area contributed by atoms with E-state index < -0.39 is 0 Å². The van der Waals surface area contributed by atoms with Gasteiger partial charge in [-0.15, -0.1) is 0 Å². The maximum Gasteiger partial charge on any atom is 0.241 e. The molecule has 2 aromatic carbocycles. The van der Waals surface area contributed by atoms with Gasteiger partial charge in [0.2, 0.25) is 5.91 Å². The van der Waals surface area contributed by atoms with Crippen molar-refractivity contribution in [3.05, 3.63) is 41.5 Å². The number of carbonyl (C=O) groups is 1. The topological polar surface area (TPSA) is 32.3 Å². The van der Waals surface area contributed by atoms with Crippen LogP contribution < -0.4 is 5.32 Å².